The lowest BCUT2D eigenvalue weighted by molar-refractivity contribution is -0.130. The van der Waals surface area contributed by atoms with Gasteiger partial charge in [0.15, 0.2) is 0 Å². The van der Waals surface area contributed by atoms with Gasteiger partial charge in [-0.3, -0.25) is 4.79 Å². The predicted molar refractivity (Wildman–Crippen MR) is 61.4 cm³/mol. The molecule has 0 fully saturated rings. The van der Waals surface area contributed by atoms with E-state index < -0.39 is 6.61 Å². The zero-order chi connectivity index (χ0) is 12.8. The van der Waals surface area contributed by atoms with Crippen LogP contribution in [0, 0.1) is 0 Å². The third-order valence-corrected chi connectivity index (χ3v) is 2.77. The standard InChI is InChI=1S/C12H17F2NO2/c1-3-9(2)10-5-4-6-15(11(10)16)7-8-17-12(13)14/h4-6,9,12H,3,7-8H2,1-2H3. The topological polar surface area (TPSA) is 31.2 Å². The Morgan fingerprint density at radius 3 is 2.76 bits per heavy atom. The molecule has 0 saturated heterocycles. The summed E-state index contributed by atoms with van der Waals surface area (Å²) in [5, 5.41) is 0. The molecule has 0 bridgehead atoms. The highest BCUT2D eigenvalue weighted by atomic mass is 19.3. The van der Waals surface area contributed by atoms with Gasteiger partial charge in [-0.2, -0.15) is 8.78 Å². The minimum absolute atomic E-state index is 0.125. The molecule has 0 aliphatic heterocycles. The Morgan fingerprint density at radius 1 is 1.47 bits per heavy atom. The molecule has 5 heteroatoms. The van der Waals surface area contributed by atoms with Gasteiger partial charge in [0.25, 0.3) is 5.56 Å². The zero-order valence-corrected chi connectivity index (χ0v) is 10.0. The van der Waals surface area contributed by atoms with E-state index in [2.05, 4.69) is 4.74 Å². The molecule has 0 aromatic carbocycles. The fraction of sp³-hybridized carbons (Fsp3) is 0.583. The SMILES string of the molecule is CCC(C)c1cccn(CCOC(F)F)c1=O. The van der Waals surface area contributed by atoms with Gasteiger partial charge < -0.3 is 9.30 Å². The Kier molecular flexibility index (Phi) is 5.28. The summed E-state index contributed by atoms with van der Waals surface area (Å²) in [6.07, 6.45) is 2.45. The number of rotatable bonds is 6. The largest absolute Gasteiger partial charge is 0.345 e. The molecule has 0 N–H and O–H groups in total. The first kappa shape index (κ1) is 13.8. The van der Waals surface area contributed by atoms with Crippen LogP contribution in [0.3, 0.4) is 0 Å². The van der Waals surface area contributed by atoms with Crippen LogP contribution in [0.2, 0.25) is 0 Å². The molecule has 0 amide bonds. The van der Waals surface area contributed by atoms with E-state index in [4.69, 9.17) is 0 Å². The number of aromatic nitrogens is 1. The van der Waals surface area contributed by atoms with E-state index in [0.717, 1.165) is 6.42 Å². The molecule has 1 aromatic rings. The van der Waals surface area contributed by atoms with Gasteiger partial charge in [0, 0.05) is 18.3 Å². The van der Waals surface area contributed by atoms with Crippen molar-refractivity contribution in [2.75, 3.05) is 6.61 Å². The van der Waals surface area contributed by atoms with Gasteiger partial charge in [-0.05, 0) is 18.4 Å². The molecular weight excluding hydrogens is 228 g/mol. The van der Waals surface area contributed by atoms with Gasteiger partial charge in [0.1, 0.15) is 0 Å². The van der Waals surface area contributed by atoms with Crippen molar-refractivity contribution < 1.29 is 13.5 Å². The highest BCUT2D eigenvalue weighted by molar-refractivity contribution is 5.14. The zero-order valence-electron chi connectivity index (χ0n) is 10.0. The Labute approximate surface area is 99.0 Å². The van der Waals surface area contributed by atoms with E-state index in [-0.39, 0.29) is 24.6 Å². The number of hydrogen-bond acceptors (Lipinski definition) is 2. The van der Waals surface area contributed by atoms with Gasteiger partial charge in [-0.15, -0.1) is 0 Å². The maximum atomic E-state index is 12.0. The van der Waals surface area contributed by atoms with Gasteiger partial charge in [-0.25, -0.2) is 0 Å². The van der Waals surface area contributed by atoms with E-state index in [1.54, 1.807) is 18.3 Å². The van der Waals surface area contributed by atoms with Crippen LogP contribution in [0.4, 0.5) is 8.78 Å². The molecule has 3 nitrogen and oxygen atoms in total. The molecule has 0 spiro atoms. The average molecular weight is 245 g/mol. The summed E-state index contributed by atoms with van der Waals surface area (Å²) in [5.41, 5.74) is 0.590. The maximum absolute atomic E-state index is 12.0. The minimum atomic E-state index is -2.79. The lowest BCUT2D eigenvalue weighted by atomic mass is 10.0. The van der Waals surface area contributed by atoms with Crippen LogP contribution in [0.25, 0.3) is 0 Å². The number of halogens is 2. The summed E-state index contributed by atoms with van der Waals surface area (Å²) in [7, 11) is 0. The summed E-state index contributed by atoms with van der Waals surface area (Å²) >= 11 is 0. The van der Waals surface area contributed by atoms with Crippen molar-refractivity contribution in [2.45, 2.75) is 39.3 Å². The fourth-order valence-electron chi connectivity index (χ4n) is 1.57. The smallest absolute Gasteiger partial charge is 0.321 e. The first-order chi connectivity index (χ1) is 8.06. The van der Waals surface area contributed by atoms with Crippen molar-refractivity contribution >= 4 is 0 Å². The quantitative estimate of drug-likeness (QED) is 0.771. The minimum Gasteiger partial charge on any atom is -0.321 e. The lowest BCUT2D eigenvalue weighted by Crippen LogP contribution is -2.26. The van der Waals surface area contributed by atoms with Crippen LogP contribution >= 0.6 is 0 Å². The third kappa shape index (κ3) is 3.93. The second kappa shape index (κ2) is 6.49. The molecule has 1 aromatic heterocycles. The molecule has 0 aliphatic carbocycles. The Bertz CT molecular complexity index is 404. The summed E-state index contributed by atoms with van der Waals surface area (Å²) in [5.74, 6) is 0.172. The molecule has 1 atom stereocenters. The van der Waals surface area contributed by atoms with Crippen LogP contribution in [0.1, 0.15) is 31.7 Å². The number of ether oxygens (including phenoxy) is 1. The monoisotopic (exact) mass is 245 g/mol. The van der Waals surface area contributed by atoms with E-state index in [1.807, 2.05) is 13.8 Å². The number of pyridine rings is 1. The third-order valence-electron chi connectivity index (χ3n) is 2.77. The van der Waals surface area contributed by atoms with E-state index in [0.29, 0.717) is 5.56 Å². The second-order valence-corrected chi connectivity index (χ2v) is 3.90. The van der Waals surface area contributed by atoms with Gasteiger partial charge in [0.2, 0.25) is 0 Å². The number of nitrogens with zero attached hydrogens (tertiary/aromatic N) is 1. The summed E-state index contributed by atoms with van der Waals surface area (Å²) < 4.78 is 29.1. The van der Waals surface area contributed by atoms with Crippen molar-refractivity contribution in [1.29, 1.82) is 0 Å². The molecule has 0 aliphatic rings. The van der Waals surface area contributed by atoms with E-state index >= 15 is 0 Å². The summed E-state index contributed by atoms with van der Waals surface area (Å²) in [6, 6.07) is 3.53. The maximum Gasteiger partial charge on any atom is 0.345 e. The highest BCUT2D eigenvalue weighted by Crippen LogP contribution is 2.13. The van der Waals surface area contributed by atoms with Crippen LogP contribution in [0.5, 0.6) is 0 Å². The first-order valence-corrected chi connectivity index (χ1v) is 5.65. The van der Waals surface area contributed by atoms with Crippen LogP contribution in [0.15, 0.2) is 23.1 Å². The molecular formula is C12H17F2NO2. The van der Waals surface area contributed by atoms with Gasteiger partial charge >= 0.3 is 6.61 Å². The molecule has 1 heterocycles. The average Bonchev–Trinajstić information content (AvgIpc) is 2.30. The molecule has 1 unspecified atom stereocenters. The van der Waals surface area contributed by atoms with Crippen molar-refractivity contribution in [2.24, 2.45) is 0 Å². The number of hydrogen-bond donors (Lipinski definition) is 0. The van der Waals surface area contributed by atoms with Gasteiger partial charge in [0.05, 0.1) is 6.61 Å². The predicted octanol–water partition coefficient (Wildman–Crippen LogP) is 2.60. The van der Waals surface area contributed by atoms with Crippen LogP contribution < -0.4 is 5.56 Å². The highest BCUT2D eigenvalue weighted by Gasteiger charge is 2.09. The van der Waals surface area contributed by atoms with Gasteiger partial charge in [-0.1, -0.05) is 19.9 Å². The normalized spacial score (nSPS) is 13.0. The molecule has 0 radical (unpaired) electrons. The Hall–Kier alpha value is -1.23. The summed E-state index contributed by atoms with van der Waals surface area (Å²) in [4.78, 5) is 12.0. The lowest BCUT2D eigenvalue weighted by Gasteiger charge is -2.11. The second-order valence-electron chi connectivity index (χ2n) is 3.90. The van der Waals surface area contributed by atoms with E-state index in [1.165, 1.54) is 4.57 Å². The number of alkyl halides is 2. The van der Waals surface area contributed by atoms with E-state index in [9.17, 15) is 13.6 Å². The van der Waals surface area contributed by atoms with Crippen molar-refractivity contribution in [3.63, 3.8) is 0 Å². The van der Waals surface area contributed by atoms with Crippen molar-refractivity contribution in [1.82, 2.24) is 4.57 Å². The molecule has 1 rings (SSSR count). The Balaban J connectivity index is 2.77. The molecule has 0 saturated carbocycles. The van der Waals surface area contributed by atoms with Crippen LogP contribution in [-0.2, 0) is 11.3 Å². The van der Waals surface area contributed by atoms with Crippen molar-refractivity contribution in [3.8, 4) is 0 Å². The summed E-state index contributed by atoms with van der Waals surface area (Å²) in [6.45, 7) is 1.16. The first-order valence-electron chi connectivity index (χ1n) is 5.65. The fourth-order valence-corrected chi connectivity index (χ4v) is 1.57. The van der Waals surface area contributed by atoms with Crippen molar-refractivity contribution in [3.05, 3.63) is 34.2 Å². The van der Waals surface area contributed by atoms with Crippen LogP contribution in [-0.4, -0.2) is 17.8 Å². The molecule has 96 valence electrons. The molecule has 17 heavy (non-hydrogen) atoms. The Morgan fingerprint density at radius 2 is 2.18 bits per heavy atom.